The van der Waals surface area contributed by atoms with Crippen molar-refractivity contribution in [3.63, 3.8) is 0 Å². The topological polar surface area (TPSA) is 90.6 Å². The Labute approximate surface area is 242 Å². The molecule has 8 heteroatoms. The van der Waals surface area contributed by atoms with Crippen LogP contribution in [-0.2, 0) is 0 Å². The van der Waals surface area contributed by atoms with Crippen LogP contribution in [0.4, 0.5) is 16.2 Å². The van der Waals surface area contributed by atoms with Crippen LogP contribution in [0.25, 0.3) is 22.2 Å². The first-order chi connectivity index (χ1) is 19.6. The second kappa shape index (κ2) is 13.0. The summed E-state index contributed by atoms with van der Waals surface area (Å²) in [4.78, 5) is 38.0. The second-order valence-electron chi connectivity index (χ2n) is 11.2. The predicted molar refractivity (Wildman–Crippen MR) is 169 cm³/mol. The van der Waals surface area contributed by atoms with Crippen LogP contribution in [0.5, 0.6) is 5.75 Å². The zero-order valence-corrected chi connectivity index (χ0v) is 25.1. The molecule has 0 aliphatic rings. The smallest absolute Gasteiger partial charge is 0.326 e. The highest BCUT2D eigenvalue weighted by Crippen LogP contribution is 2.38. The highest BCUT2D eigenvalue weighted by molar-refractivity contribution is 6.03. The molecule has 0 saturated carbocycles. The standard InChI is InChI=1S/C33H41N5O3/c1-21(2)27-18-25(23-11-8-13-26(17-23)41-7)19-28(22(3)4)30(27)35-33(40)38(16-10-15-37(5)6)29-20-24-12-9-14-34-31(24)36-32(29)39/h8-9,11-14,17-22H,10,15-16H2,1-7H3,(H,35,40)(H,34,36,39). The summed E-state index contributed by atoms with van der Waals surface area (Å²) in [6, 6.07) is 17.4. The highest BCUT2D eigenvalue weighted by atomic mass is 16.5. The van der Waals surface area contributed by atoms with Gasteiger partial charge in [0.25, 0.3) is 5.56 Å². The number of fused-ring (bicyclic) bond motifs is 1. The lowest BCUT2D eigenvalue weighted by Crippen LogP contribution is -2.40. The van der Waals surface area contributed by atoms with E-state index in [0.717, 1.165) is 45.6 Å². The molecule has 2 amide bonds. The quantitative estimate of drug-likeness (QED) is 0.224. The van der Waals surface area contributed by atoms with Gasteiger partial charge in [-0.05, 0) is 104 Å². The second-order valence-corrected chi connectivity index (χ2v) is 11.2. The van der Waals surface area contributed by atoms with Crippen molar-refractivity contribution in [2.24, 2.45) is 0 Å². The van der Waals surface area contributed by atoms with Gasteiger partial charge in [0.1, 0.15) is 17.1 Å². The monoisotopic (exact) mass is 555 g/mol. The van der Waals surface area contributed by atoms with Crippen LogP contribution >= 0.6 is 0 Å². The van der Waals surface area contributed by atoms with Crippen molar-refractivity contribution in [1.29, 1.82) is 0 Å². The van der Waals surface area contributed by atoms with Gasteiger partial charge in [-0.15, -0.1) is 0 Å². The molecule has 0 fully saturated rings. The van der Waals surface area contributed by atoms with Crippen molar-refractivity contribution in [3.05, 3.63) is 82.3 Å². The number of H-pyrrole nitrogens is 1. The number of urea groups is 1. The van der Waals surface area contributed by atoms with Crippen molar-refractivity contribution < 1.29 is 9.53 Å². The van der Waals surface area contributed by atoms with Crippen molar-refractivity contribution in [2.45, 2.75) is 46.0 Å². The molecule has 0 spiro atoms. The SMILES string of the molecule is COc1cccc(-c2cc(C(C)C)c(NC(=O)N(CCCN(C)C)c3cc4cccnc4[nH]c3=O)c(C(C)C)c2)c1. The number of carbonyl (C=O) groups excluding carboxylic acids is 1. The van der Waals surface area contributed by atoms with E-state index in [9.17, 15) is 9.59 Å². The number of nitrogens with one attached hydrogen (secondary N) is 2. The van der Waals surface area contributed by atoms with Crippen LogP contribution in [0.2, 0.25) is 0 Å². The lowest BCUT2D eigenvalue weighted by atomic mass is 9.88. The van der Waals surface area contributed by atoms with E-state index in [1.54, 1.807) is 24.3 Å². The molecule has 2 N–H and O–H groups in total. The average Bonchev–Trinajstić information content (AvgIpc) is 2.94. The minimum Gasteiger partial charge on any atom is -0.497 e. The van der Waals surface area contributed by atoms with Crippen molar-refractivity contribution in [1.82, 2.24) is 14.9 Å². The maximum Gasteiger partial charge on any atom is 0.326 e. The minimum atomic E-state index is -0.349. The Kier molecular flexibility index (Phi) is 9.45. The van der Waals surface area contributed by atoms with E-state index >= 15 is 0 Å². The Hall–Kier alpha value is -4.17. The molecule has 0 unspecified atom stereocenters. The molecule has 216 valence electrons. The van der Waals surface area contributed by atoms with Crippen LogP contribution in [0.3, 0.4) is 0 Å². The van der Waals surface area contributed by atoms with Gasteiger partial charge in [-0.2, -0.15) is 0 Å². The molecule has 8 nitrogen and oxygen atoms in total. The fourth-order valence-corrected chi connectivity index (χ4v) is 4.99. The molecule has 0 bridgehead atoms. The molecule has 0 aliphatic heterocycles. The van der Waals surface area contributed by atoms with Gasteiger partial charge in [-0.25, -0.2) is 9.78 Å². The molecule has 4 aromatic rings. The van der Waals surface area contributed by atoms with Gasteiger partial charge in [0.15, 0.2) is 0 Å². The number of amides is 2. The summed E-state index contributed by atoms with van der Waals surface area (Å²) in [5, 5.41) is 4.00. The van der Waals surface area contributed by atoms with Crippen LogP contribution in [0, 0.1) is 0 Å². The average molecular weight is 556 g/mol. The summed E-state index contributed by atoms with van der Waals surface area (Å²) in [7, 11) is 5.65. The Morgan fingerprint density at radius 1 is 0.951 bits per heavy atom. The van der Waals surface area contributed by atoms with Crippen molar-refractivity contribution in [3.8, 4) is 16.9 Å². The van der Waals surface area contributed by atoms with Crippen molar-refractivity contribution in [2.75, 3.05) is 44.5 Å². The third-order valence-electron chi connectivity index (χ3n) is 7.20. The number of methoxy groups -OCH3 is 1. The summed E-state index contributed by atoms with van der Waals surface area (Å²) < 4.78 is 5.46. The first kappa shape index (κ1) is 29.8. The molecule has 2 aromatic carbocycles. The molecule has 0 saturated heterocycles. The summed E-state index contributed by atoms with van der Waals surface area (Å²) in [6.07, 6.45) is 2.34. The first-order valence-electron chi connectivity index (χ1n) is 14.1. The maximum absolute atomic E-state index is 14.1. The third kappa shape index (κ3) is 6.95. The Morgan fingerprint density at radius 3 is 2.29 bits per heavy atom. The summed E-state index contributed by atoms with van der Waals surface area (Å²) in [5.74, 6) is 1.08. The van der Waals surface area contributed by atoms with Gasteiger partial charge in [0.05, 0.1) is 7.11 Å². The molecule has 0 radical (unpaired) electrons. The van der Waals surface area contributed by atoms with E-state index in [2.05, 4.69) is 66.1 Å². The molecule has 0 atom stereocenters. The van der Waals surface area contributed by atoms with Gasteiger partial charge < -0.3 is 19.9 Å². The number of aromatic amines is 1. The number of hydrogen-bond donors (Lipinski definition) is 2. The lowest BCUT2D eigenvalue weighted by Gasteiger charge is -2.27. The Bertz CT molecular complexity index is 1550. The fraction of sp³-hybridized carbons (Fsp3) is 0.364. The first-order valence-corrected chi connectivity index (χ1v) is 14.1. The van der Waals surface area contributed by atoms with E-state index in [0.29, 0.717) is 24.3 Å². The summed E-state index contributed by atoms with van der Waals surface area (Å²) >= 11 is 0. The lowest BCUT2D eigenvalue weighted by molar-refractivity contribution is 0.256. The fourth-order valence-electron chi connectivity index (χ4n) is 4.99. The van der Waals surface area contributed by atoms with E-state index in [1.165, 1.54) is 0 Å². The zero-order chi connectivity index (χ0) is 29.7. The zero-order valence-electron chi connectivity index (χ0n) is 25.1. The molecular formula is C33H41N5O3. The van der Waals surface area contributed by atoms with E-state index < -0.39 is 0 Å². The van der Waals surface area contributed by atoms with Gasteiger partial charge in [0.2, 0.25) is 0 Å². The minimum absolute atomic E-state index is 0.144. The number of anilines is 2. The number of rotatable bonds is 10. The van der Waals surface area contributed by atoms with E-state index in [-0.39, 0.29) is 23.4 Å². The van der Waals surface area contributed by atoms with Crippen LogP contribution < -0.4 is 20.5 Å². The number of pyridine rings is 2. The van der Waals surface area contributed by atoms with Gasteiger partial charge >= 0.3 is 6.03 Å². The van der Waals surface area contributed by atoms with E-state index in [4.69, 9.17) is 4.74 Å². The van der Waals surface area contributed by atoms with Crippen molar-refractivity contribution >= 4 is 28.4 Å². The number of nitrogens with zero attached hydrogens (tertiary/aromatic N) is 3. The summed E-state index contributed by atoms with van der Waals surface area (Å²) in [6.45, 7) is 9.66. The summed E-state index contributed by atoms with van der Waals surface area (Å²) in [5.41, 5.74) is 5.42. The normalized spacial score (nSPS) is 11.5. The molecule has 4 rings (SSSR count). The Balaban J connectivity index is 1.79. The van der Waals surface area contributed by atoms with Gasteiger partial charge in [0, 0.05) is 23.8 Å². The number of benzene rings is 2. The van der Waals surface area contributed by atoms with Gasteiger partial charge in [-0.3, -0.25) is 9.69 Å². The van der Waals surface area contributed by atoms with Crippen LogP contribution in [0.15, 0.2) is 65.6 Å². The maximum atomic E-state index is 14.1. The third-order valence-corrected chi connectivity index (χ3v) is 7.20. The highest BCUT2D eigenvalue weighted by Gasteiger charge is 2.24. The van der Waals surface area contributed by atoms with Gasteiger partial charge in [-0.1, -0.05) is 39.8 Å². The number of ether oxygens (including phenoxy) is 1. The molecular weight excluding hydrogens is 514 g/mol. The molecule has 2 aromatic heterocycles. The van der Waals surface area contributed by atoms with Crippen LogP contribution in [0.1, 0.15) is 57.1 Å². The largest absolute Gasteiger partial charge is 0.497 e. The molecule has 41 heavy (non-hydrogen) atoms. The molecule has 0 aliphatic carbocycles. The van der Waals surface area contributed by atoms with E-state index in [1.807, 2.05) is 44.4 Å². The number of carbonyl (C=O) groups is 1. The van der Waals surface area contributed by atoms with Crippen LogP contribution in [-0.4, -0.2) is 55.2 Å². The number of hydrogen-bond acceptors (Lipinski definition) is 5. The Morgan fingerprint density at radius 2 is 1.66 bits per heavy atom. The predicted octanol–water partition coefficient (Wildman–Crippen LogP) is 6.84. The molecule has 2 heterocycles. The number of aromatic nitrogens is 2.